The van der Waals surface area contributed by atoms with Gasteiger partial charge in [0, 0.05) is 20.1 Å². The van der Waals surface area contributed by atoms with Crippen LogP contribution in [0.4, 0.5) is 5.69 Å². The van der Waals surface area contributed by atoms with Crippen molar-refractivity contribution in [3.8, 4) is 0 Å². The summed E-state index contributed by atoms with van der Waals surface area (Å²) in [4.78, 5) is 16.4. The van der Waals surface area contributed by atoms with Gasteiger partial charge < -0.3 is 9.88 Å². The van der Waals surface area contributed by atoms with Crippen LogP contribution in [0.1, 0.15) is 12.2 Å². The number of nitrogens with one attached hydrogen (secondary N) is 1. The molecule has 0 amide bonds. The van der Waals surface area contributed by atoms with Crippen LogP contribution in [-0.4, -0.2) is 25.9 Å². The molecule has 0 aliphatic heterocycles. The molecule has 0 fully saturated rings. The summed E-state index contributed by atoms with van der Waals surface area (Å²) >= 11 is 3.31. The van der Waals surface area contributed by atoms with Crippen molar-refractivity contribution in [2.75, 3.05) is 11.9 Å². The van der Waals surface area contributed by atoms with Gasteiger partial charge in [-0.1, -0.05) is 12.1 Å². The number of hydrogen-bond acceptors (Lipinski definition) is 4. The molecular formula is C16H18BrN5O. The van der Waals surface area contributed by atoms with Gasteiger partial charge in [0.05, 0.1) is 22.9 Å². The van der Waals surface area contributed by atoms with E-state index in [1.807, 2.05) is 25.1 Å². The SMILES string of the molecule is Cc1nc2ccccc2n1CCCNc1cnn(C)c(=O)c1Br. The van der Waals surface area contributed by atoms with Gasteiger partial charge in [0.1, 0.15) is 10.3 Å². The number of anilines is 1. The second kappa shape index (κ2) is 6.54. The Bertz CT molecular complexity index is 899. The zero-order valence-corrected chi connectivity index (χ0v) is 14.7. The van der Waals surface area contributed by atoms with Crippen molar-refractivity contribution in [3.05, 3.63) is 51.1 Å². The van der Waals surface area contributed by atoms with Crippen LogP contribution < -0.4 is 10.9 Å². The second-order valence-electron chi connectivity index (χ2n) is 5.38. The van der Waals surface area contributed by atoms with Gasteiger partial charge in [0.25, 0.3) is 5.56 Å². The minimum absolute atomic E-state index is 0.147. The molecular weight excluding hydrogens is 358 g/mol. The number of rotatable bonds is 5. The topological polar surface area (TPSA) is 64.7 Å². The highest BCUT2D eigenvalue weighted by Crippen LogP contribution is 2.17. The van der Waals surface area contributed by atoms with E-state index in [0.29, 0.717) is 4.47 Å². The van der Waals surface area contributed by atoms with E-state index in [9.17, 15) is 4.79 Å². The molecule has 3 aromatic rings. The highest BCUT2D eigenvalue weighted by molar-refractivity contribution is 9.10. The van der Waals surface area contributed by atoms with Crippen LogP contribution >= 0.6 is 15.9 Å². The van der Waals surface area contributed by atoms with E-state index in [4.69, 9.17) is 0 Å². The minimum Gasteiger partial charge on any atom is -0.383 e. The standard InChI is InChI=1S/C16H18BrN5O/c1-11-20-12-6-3-4-7-14(12)22(11)9-5-8-18-13-10-19-21(2)16(23)15(13)17/h3-4,6-7,10,18H,5,8-9H2,1-2H3. The lowest BCUT2D eigenvalue weighted by molar-refractivity contribution is 0.657. The molecule has 6 nitrogen and oxygen atoms in total. The summed E-state index contributed by atoms with van der Waals surface area (Å²) in [6, 6.07) is 8.14. The van der Waals surface area contributed by atoms with E-state index >= 15 is 0 Å². The quantitative estimate of drug-likeness (QED) is 0.696. The lowest BCUT2D eigenvalue weighted by atomic mass is 10.3. The van der Waals surface area contributed by atoms with E-state index in [1.54, 1.807) is 13.2 Å². The van der Waals surface area contributed by atoms with Crippen molar-refractivity contribution in [3.63, 3.8) is 0 Å². The molecule has 120 valence electrons. The molecule has 0 radical (unpaired) electrons. The Balaban J connectivity index is 1.65. The third-order valence-electron chi connectivity index (χ3n) is 3.80. The lowest BCUT2D eigenvalue weighted by Gasteiger charge is -2.10. The number of halogens is 1. The summed E-state index contributed by atoms with van der Waals surface area (Å²) in [5, 5.41) is 7.27. The fourth-order valence-electron chi connectivity index (χ4n) is 2.57. The Morgan fingerprint density at radius 2 is 2.09 bits per heavy atom. The molecule has 3 rings (SSSR count). The van der Waals surface area contributed by atoms with Crippen molar-refractivity contribution >= 4 is 32.7 Å². The van der Waals surface area contributed by atoms with E-state index in [0.717, 1.165) is 42.1 Å². The number of nitrogens with zero attached hydrogens (tertiary/aromatic N) is 4. The number of hydrogen-bond donors (Lipinski definition) is 1. The summed E-state index contributed by atoms with van der Waals surface area (Å²) in [6.07, 6.45) is 2.58. The van der Waals surface area contributed by atoms with Gasteiger partial charge in [0.2, 0.25) is 0 Å². The number of aromatic nitrogens is 4. The summed E-state index contributed by atoms with van der Waals surface area (Å²) in [5.74, 6) is 1.02. The van der Waals surface area contributed by atoms with E-state index < -0.39 is 0 Å². The zero-order chi connectivity index (χ0) is 16.4. The van der Waals surface area contributed by atoms with Crippen molar-refractivity contribution < 1.29 is 0 Å². The molecule has 23 heavy (non-hydrogen) atoms. The minimum atomic E-state index is -0.147. The summed E-state index contributed by atoms with van der Waals surface area (Å²) < 4.78 is 4.03. The third-order valence-corrected chi connectivity index (χ3v) is 4.56. The van der Waals surface area contributed by atoms with Crippen molar-refractivity contribution in [1.82, 2.24) is 19.3 Å². The molecule has 0 atom stereocenters. The first-order valence-electron chi connectivity index (χ1n) is 7.45. The molecule has 0 spiro atoms. The summed E-state index contributed by atoms with van der Waals surface area (Å²) in [6.45, 7) is 3.64. The largest absolute Gasteiger partial charge is 0.383 e. The van der Waals surface area contributed by atoms with Gasteiger partial charge in [-0.3, -0.25) is 4.79 Å². The monoisotopic (exact) mass is 375 g/mol. The number of fused-ring (bicyclic) bond motifs is 1. The smallest absolute Gasteiger partial charge is 0.282 e. The van der Waals surface area contributed by atoms with E-state index in [-0.39, 0.29) is 5.56 Å². The molecule has 7 heteroatoms. The van der Waals surface area contributed by atoms with Gasteiger partial charge in [-0.25, -0.2) is 9.67 Å². The Hall–Kier alpha value is -2.15. The summed E-state index contributed by atoms with van der Waals surface area (Å²) in [5.41, 5.74) is 2.75. The number of benzene rings is 1. The number of imidazole rings is 1. The highest BCUT2D eigenvalue weighted by atomic mass is 79.9. The first kappa shape index (κ1) is 15.7. The van der Waals surface area contributed by atoms with Crippen molar-refractivity contribution in [1.29, 1.82) is 0 Å². The second-order valence-corrected chi connectivity index (χ2v) is 6.17. The molecule has 1 N–H and O–H groups in total. The first-order valence-corrected chi connectivity index (χ1v) is 8.25. The maximum absolute atomic E-state index is 11.8. The summed E-state index contributed by atoms with van der Waals surface area (Å²) in [7, 11) is 1.63. The lowest BCUT2D eigenvalue weighted by Crippen LogP contribution is -2.21. The van der Waals surface area contributed by atoms with Crippen LogP contribution in [0, 0.1) is 6.92 Å². The number of aryl methyl sites for hydroxylation is 3. The molecule has 0 aliphatic rings. The first-order chi connectivity index (χ1) is 11.1. The molecule has 0 unspecified atom stereocenters. The van der Waals surface area contributed by atoms with Crippen LogP contribution in [-0.2, 0) is 13.6 Å². The molecule has 0 saturated heterocycles. The predicted molar refractivity (Wildman–Crippen MR) is 94.8 cm³/mol. The van der Waals surface area contributed by atoms with Gasteiger partial charge in [-0.15, -0.1) is 0 Å². The average molecular weight is 376 g/mol. The highest BCUT2D eigenvalue weighted by Gasteiger charge is 2.08. The van der Waals surface area contributed by atoms with Crippen LogP contribution in [0.25, 0.3) is 11.0 Å². The number of para-hydroxylation sites is 2. The maximum Gasteiger partial charge on any atom is 0.282 e. The van der Waals surface area contributed by atoms with Gasteiger partial charge in [-0.05, 0) is 41.4 Å². The molecule has 2 aromatic heterocycles. The molecule has 0 saturated carbocycles. The van der Waals surface area contributed by atoms with Crippen molar-refractivity contribution in [2.24, 2.45) is 7.05 Å². The van der Waals surface area contributed by atoms with Crippen LogP contribution in [0.15, 0.2) is 39.7 Å². The third kappa shape index (κ3) is 3.14. The molecule has 0 aliphatic carbocycles. The van der Waals surface area contributed by atoms with Crippen molar-refractivity contribution in [2.45, 2.75) is 19.9 Å². The normalized spacial score (nSPS) is 11.1. The Morgan fingerprint density at radius 1 is 1.30 bits per heavy atom. The van der Waals surface area contributed by atoms with E-state index in [2.05, 4.69) is 42.0 Å². The van der Waals surface area contributed by atoms with Crippen LogP contribution in [0.2, 0.25) is 0 Å². The fourth-order valence-corrected chi connectivity index (χ4v) is 3.07. The van der Waals surface area contributed by atoms with Crippen LogP contribution in [0.5, 0.6) is 0 Å². The molecule has 2 heterocycles. The van der Waals surface area contributed by atoms with Gasteiger partial charge >= 0.3 is 0 Å². The van der Waals surface area contributed by atoms with Crippen LogP contribution in [0.3, 0.4) is 0 Å². The zero-order valence-electron chi connectivity index (χ0n) is 13.1. The molecule has 1 aromatic carbocycles. The fraction of sp³-hybridized carbons (Fsp3) is 0.312. The Morgan fingerprint density at radius 3 is 2.91 bits per heavy atom. The maximum atomic E-state index is 11.8. The Kier molecular flexibility index (Phi) is 4.47. The van der Waals surface area contributed by atoms with Gasteiger partial charge in [-0.2, -0.15) is 5.10 Å². The molecule has 0 bridgehead atoms. The van der Waals surface area contributed by atoms with Gasteiger partial charge in [0.15, 0.2) is 0 Å². The average Bonchev–Trinajstić information content (AvgIpc) is 2.87. The Labute approximate surface area is 142 Å². The predicted octanol–water partition coefficient (Wildman–Crippen LogP) is 2.70. The van der Waals surface area contributed by atoms with E-state index in [1.165, 1.54) is 4.68 Å².